The van der Waals surface area contributed by atoms with Gasteiger partial charge in [-0.15, -0.1) is 0 Å². The van der Waals surface area contributed by atoms with Crippen LogP contribution in [0.15, 0.2) is 48.5 Å². The van der Waals surface area contributed by atoms with Gasteiger partial charge in [-0.05, 0) is 47.1 Å². The first-order chi connectivity index (χ1) is 12.1. The van der Waals surface area contributed by atoms with Gasteiger partial charge in [0.05, 0.1) is 0 Å². The Hall–Kier alpha value is -2.61. The van der Waals surface area contributed by atoms with Crippen molar-refractivity contribution in [1.82, 2.24) is 0 Å². The molecule has 0 heterocycles. The molecule has 1 atom stereocenters. The summed E-state index contributed by atoms with van der Waals surface area (Å²) in [6, 6.07) is 17.1. The highest BCUT2D eigenvalue weighted by Crippen LogP contribution is 2.51. The minimum Gasteiger partial charge on any atom is -0.426 e. The number of hydrogen-bond acceptors (Lipinski definition) is 2. The van der Waals surface area contributed by atoms with Crippen LogP contribution in [0.3, 0.4) is 0 Å². The van der Waals surface area contributed by atoms with E-state index in [2.05, 4.69) is 50.2 Å². The van der Waals surface area contributed by atoms with Crippen LogP contribution in [0.4, 0.5) is 0 Å². The lowest BCUT2D eigenvalue weighted by molar-refractivity contribution is -0.131. The van der Waals surface area contributed by atoms with E-state index in [0.29, 0.717) is 11.7 Å². The lowest BCUT2D eigenvalue weighted by Gasteiger charge is -2.16. The number of ether oxygens (including phenoxy) is 1. The van der Waals surface area contributed by atoms with Crippen LogP contribution in [-0.4, -0.2) is 5.97 Å². The predicted molar refractivity (Wildman–Crippen MR) is 102 cm³/mol. The number of fused-ring (bicyclic) bond motifs is 5. The van der Waals surface area contributed by atoms with E-state index in [-0.39, 0.29) is 5.97 Å². The number of carbonyl (C=O) groups excluding carboxylic acids is 1. The SMILES string of the molecule is CCCC1c2ccc(C)cc2-c2cc(OC(C)=O)c3ccccc3c21. The molecule has 0 radical (unpaired) electrons. The molecule has 3 aromatic carbocycles. The fourth-order valence-electron chi connectivity index (χ4n) is 4.15. The molecule has 0 aromatic heterocycles. The molecule has 25 heavy (non-hydrogen) atoms. The first-order valence-electron chi connectivity index (χ1n) is 8.95. The van der Waals surface area contributed by atoms with E-state index in [9.17, 15) is 4.79 Å². The maximum atomic E-state index is 11.6. The van der Waals surface area contributed by atoms with E-state index in [0.717, 1.165) is 18.2 Å². The fourth-order valence-corrected chi connectivity index (χ4v) is 4.15. The summed E-state index contributed by atoms with van der Waals surface area (Å²) in [7, 11) is 0. The Morgan fingerprint density at radius 1 is 1.04 bits per heavy atom. The molecule has 1 aliphatic carbocycles. The highest BCUT2D eigenvalue weighted by Gasteiger charge is 2.31. The smallest absolute Gasteiger partial charge is 0.308 e. The molecule has 4 rings (SSSR count). The van der Waals surface area contributed by atoms with Crippen molar-refractivity contribution in [1.29, 1.82) is 0 Å². The van der Waals surface area contributed by atoms with Gasteiger partial charge in [0.15, 0.2) is 0 Å². The molecule has 2 heteroatoms. The molecular formula is C23H22O2. The summed E-state index contributed by atoms with van der Waals surface area (Å²) in [6.45, 7) is 5.82. The third kappa shape index (κ3) is 2.53. The summed E-state index contributed by atoms with van der Waals surface area (Å²) in [5, 5.41) is 2.21. The molecule has 0 aliphatic heterocycles. The lowest BCUT2D eigenvalue weighted by Crippen LogP contribution is -2.03. The van der Waals surface area contributed by atoms with E-state index < -0.39 is 0 Å². The van der Waals surface area contributed by atoms with Crippen LogP contribution in [0.1, 0.15) is 49.3 Å². The first kappa shape index (κ1) is 15.9. The second-order valence-electron chi connectivity index (χ2n) is 6.91. The predicted octanol–water partition coefficient (Wildman–Crippen LogP) is 5.99. The van der Waals surface area contributed by atoms with Crippen molar-refractivity contribution in [2.75, 3.05) is 0 Å². The number of benzene rings is 3. The lowest BCUT2D eigenvalue weighted by atomic mass is 9.89. The number of aryl methyl sites for hydroxylation is 1. The largest absolute Gasteiger partial charge is 0.426 e. The van der Waals surface area contributed by atoms with Crippen molar-refractivity contribution >= 4 is 16.7 Å². The maximum Gasteiger partial charge on any atom is 0.308 e. The molecule has 0 saturated heterocycles. The summed E-state index contributed by atoms with van der Waals surface area (Å²) in [5.74, 6) is 0.788. The van der Waals surface area contributed by atoms with Gasteiger partial charge in [-0.2, -0.15) is 0 Å². The average molecular weight is 330 g/mol. The van der Waals surface area contributed by atoms with Crippen LogP contribution in [-0.2, 0) is 4.79 Å². The van der Waals surface area contributed by atoms with Crippen LogP contribution in [0.5, 0.6) is 5.75 Å². The van der Waals surface area contributed by atoms with Crippen molar-refractivity contribution < 1.29 is 9.53 Å². The Morgan fingerprint density at radius 2 is 1.80 bits per heavy atom. The van der Waals surface area contributed by atoms with Gasteiger partial charge >= 0.3 is 5.97 Å². The van der Waals surface area contributed by atoms with Crippen LogP contribution >= 0.6 is 0 Å². The molecule has 0 fully saturated rings. The van der Waals surface area contributed by atoms with Gasteiger partial charge in [0, 0.05) is 18.2 Å². The Kier molecular flexibility index (Phi) is 3.84. The molecule has 1 unspecified atom stereocenters. The van der Waals surface area contributed by atoms with Crippen molar-refractivity contribution in [3.63, 3.8) is 0 Å². The fraction of sp³-hybridized carbons (Fsp3) is 0.261. The van der Waals surface area contributed by atoms with E-state index >= 15 is 0 Å². The summed E-state index contributed by atoms with van der Waals surface area (Å²) >= 11 is 0. The van der Waals surface area contributed by atoms with Gasteiger partial charge in [0.1, 0.15) is 5.75 Å². The molecule has 3 aromatic rings. The third-order valence-electron chi connectivity index (χ3n) is 5.10. The number of esters is 1. The van der Waals surface area contributed by atoms with Gasteiger partial charge < -0.3 is 4.74 Å². The van der Waals surface area contributed by atoms with E-state index in [1.807, 2.05) is 12.1 Å². The van der Waals surface area contributed by atoms with E-state index in [1.165, 1.54) is 40.1 Å². The van der Waals surface area contributed by atoms with Crippen LogP contribution in [0.25, 0.3) is 21.9 Å². The standard InChI is InChI=1S/C23H22O2/c1-4-7-18-16-11-10-14(2)12-20(16)21-13-22(25-15(3)24)17-8-5-6-9-19(17)23(18)21/h5-6,8-13,18H,4,7H2,1-3H3. The first-order valence-corrected chi connectivity index (χ1v) is 8.95. The Bertz CT molecular complexity index is 985. The summed E-state index contributed by atoms with van der Waals surface area (Å²) < 4.78 is 5.55. The Balaban J connectivity index is 2.07. The second kappa shape index (κ2) is 6.03. The summed E-state index contributed by atoms with van der Waals surface area (Å²) in [5.41, 5.74) is 6.53. The second-order valence-corrected chi connectivity index (χ2v) is 6.91. The number of carbonyl (C=O) groups is 1. The molecule has 1 aliphatic rings. The van der Waals surface area contributed by atoms with Crippen molar-refractivity contribution in [3.05, 3.63) is 65.2 Å². The van der Waals surface area contributed by atoms with Crippen molar-refractivity contribution in [2.24, 2.45) is 0 Å². The van der Waals surface area contributed by atoms with Crippen LogP contribution < -0.4 is 4.74 Å². The summed E-state index contributed by atoms with van der Waals surface area (Å²) in [6.07, 6.45) is 2.26. The number of hydrogen-bond donors (Lipinski definition) is 0. The van der Waals surface area contributed by atoms with Crippen molar-refractivity contribution in [3.8, 4) is 16.9 Å². The summed E-state index contributed by atoms with van der Waals surface area (Å²) in [4.78, 5) is 11.6. The molecular weight excluding hydrogens is 308 g/mol. The molecule has 126 valence electrons. The third-order valence-corrected chi connectivity index (χ3v) is 5.10. The molecule has 0 bridgehead atoms. The zero-order chi connectivity index (χ0) is 17.6. The minimum atomic E-state index is -0.280. The normalized spacial score (nSPS) is 15.1. The molecule has 0 spiro atoms. The van der Waals surface area contributed by atoms with Gasteiger partial charge in [-0.3, -0.25) is 4.79 Å². The zero-order valence-corrected chi connectivity index (χ0v) is 14.9. The Labute approximate surface area is 148 Å². The van der Waals surface area contributed by atoms with Gasteiger partial charge in [0.25, 0.3) is 0 Å². The molecule has 0 saturated carbocycles. The minimum absolute atomic E-state index is 0.280. The van der Waals surface area contributed by atoms with Crippen molar-refractivity contribution in [2.45, 2.75) is 39.5 Å². The zero-order valence-electron chi connectivity index (χ0n) is 14.9. The average Bonchev–Trinajstić information content (AvgIpc) is 2.88. The maximum absolute atomic E-state index is 11.6. The van der Waals surface area contributed by atoms with Crippen LogP contribution in [0.2, 0.25) is 0 Å². The van der Waals surface area contributed by atoms with E-state index in [1.54, 1.807) is 0 Å². The van der Waals surface area contributed by atoms with Crippen LogP contribution in [0, 0.1) is 6.92 Å². The Morgan fingerprint density at radius 3 is 2.52 bits per heavy atom. The molecule has 0 N–H and O–H groups in total. The monoisotopic (exact) mass is 330 g/mol. The van der Waals surface area contributed by atoms with Gasteiger partial charge in [-0.1, -0.05) is 61.4 Å². The molecule has 0 amide bonds. The molecule has 2 nitrogen and oxygen atoms in total. The number of rotatable bonds is 3. The highest BCUT2D eigenvalue weighted by atomic mass is 16.5. The van der Waals surface area contributed by atoms with Gasteiger partial charge in [0.2, 0.25) is 0 Å². The van der Waals surface area contributed by atoms with Gasteiger partial charge in [-0.25, -0.2) is 0 Å². The highest BCUT2D eigenvalue weighted by molar-refractivity contribution is 6.01. The quantitative estimate of drug-likeness (QED) is 0.436. The van der Waals surface area contributed by atoms with E-state index in [4.69, 9.17) is 4.74 Å². The topological polar surface area (TPSA) is 26.3 Å².